The van der Waals surface area contributed by atoms with E-state index in [9.17, 15) is 0 Å². The van der Waals surface area contributed by atoms with Gasteiger partial charge in [-0.1, -0.05) is 96.3 Å². The highest BCUT2D eigenvalue weighted by Crippen LogP contribution is 2.23. The lowest BCUT2D eigenvalue weighted by Crippen LogP contribution is -2.11. The summed E-state index contributed by atoms with van der Waals surface area (Å²) >= 11 is 12.2. The summed E-state index contributed by atoms with van der Waals surface area (Å²) in [5.41, 5.74) is 0. The van der Waals surface area contributed by atoms with Crippen molar-refractivity contribution < 1.29 is 5.11 Å². The van der Waals surface area contributed by atoms with Crippen LogP contribution in [0.4, 0.5) is 0 Å². The van der Waals surface area contributed by atoms with Gasteiger partial charge in [-0.15, -0.1) is 22.2 Å². The number of aliphatic hydroxyl groups excluding tert-OH is 1. The van der Waals surface area contributed by atoms with Crippen LogP contribution >= 0.6 is 22.2 Å². The molecule has 0 rings (SSSR count). The van der Waals surface area contributed by atoms with Gasteiger partial charge in [0.2, 0.25) is 6.69 Å². The van der Waals surface area contributed by atoms with Gasteiger partial charge in [-0.2, -0.15) is 0 Å². The van der Waals surface area contributed by atoms with E-state index < -0.39 is 6.69 Å². The number of unbranched alkanes of at least 4 members (excludes halogenated alkanes) is 15. The molecule has 0 spiro atoms. The third-order valence-electron chi connectivity index (χ3n) is 4.52. The lowest BCUT2D eigenvalue weighted by Gasteiger charge is -2.09. The van der Waals surface area contributed by atoms with Crippen LogP contribution in [-0.2, 0) is 0 Å². The zero-order valence-electron chi connectivity index (χ0n) is 15.4. The van der Waals surface area contributed by atoms with Crippen LogP contribution in [0.15, 0.2) is 0 Å². The fraction of sp³-hybridized carbons (Fsp3) is 1.00. The van der Waals surface area contributed by atoms with Crippen molar-refractivity contribution in [1.29, 1.82) is 0 Å². The lowest BCUT2D eigenvalue weighted by molar-refractivity contribution is 0.282. The Bertz CT molecular complexity index is 232. The van der Waals surface area contributed by atoms with Crippen molar-refractivity contribution in [3.8, 4) is 0 Å². The summed E-state index contributed by atoms with van der Waals surface area (Å²) in [7, 11) is 0. The molecule has 1 N–H and O–H groups in total. The molecule has 0 heterocycles. The molecule has 0 aromatic rings. The summed E-state index contributed by atoms with van der Waals surface area (Å²) in [4.78, 5) is 0. The van der Waals surface area contributed by atoms with Crippen LogP contribution in [0.2, 0.25) is 12.6 Å². The molecule has 0 amide bonds. The summed E-state index contributed by atoms with van der Waals surface area (Å²) < 4.78 is 0. The largest absolute Gasteiger partial charge is 0.396 e. The van der Waals surface area contributed by atoms with Crippen LogP contribution in [0, 0.1) is 0 Å². The van der Waals surface area contributed by atoms with Crippen molar-refractivity contribution in [2.45, 2.75) is 115 Å². The second kappa shape index (κ2) is 17.6. The van der Waals surface area contributed by atoms with Gasteiger partial charge < -0.3 is 5.11 Å². The first-order valence-electron chi connectivity index (χ1n) is 10.0. The molecule has 0 bridgehead atoms. The topological polar surface area (TPSA) is 20.2 Å². The molecule has 0 fully saturated rings. The predicted octanol–water partition coefficient (Wildman–Crippen LogP) is 7.77. The average Bonchev–Trinajstić information content (AvgIpc) is 2.49. The van der Waals surface area contributed by atoms with Crippen molar-refractivity contribution >= 4 is 28.9 Å². The molecular formula is C19H40Cl2OSi. The number of hydrogen-bond donors (Lipinski definition) is 1. The molecule has 0 saturated heterocycles. The quantitative estimate of drug-likeness (QED) is 0.146. The number of rotatable bonds is 18. The molecule has 0 aliphatic heterocycles. The predicted molar refractivity (Wildman–Crippen MR) is 109 cm³/mol. The number of aliphatic hydroxyl groups is 1. The summed E-state index contributed by atoms with van der Waals surface area (Å²) in [6, 6.07) is 1.05. The van der Waals surface area contributed by atoms with Crippen LogP contribution in [-0.4, -0.2) is 18.4 Å². The van der Waals surface area contributed by atoms with Crippen LogP contribution in [0.1, 0.15) is 103 Å². The third kappa shape index (κ3) is 22.8. The van der Waals surface area contributed by atoms with Crippen LogP contribution < -0.4 is 0 Å². The Labute approximate surface area is 156 Å². The van der Waals surface area contributed by atoms with E-state index in [-0.39, 0.29) is 0 Å². The van der Waals surface area contributed by atoms with Crippen molar-refractivity contribution in [3.63, 3.8) is 0 Å². The Morgan fingerprint density at radius 1 is 0.522 bits per heavy atom. The molecule has 23 heavy (non-hydrogen) atoms. The molecule has 1 nitrogen and oxygen atoms in total. The molecule has 0 unspecified atom stereocenters. The van der Waals surface area contributed by atoms with Crippen LogP contribution in [0.25, 0.3) is 0 Å². The van der Waals surface area contributed by atoms with Gasteiger partial charge in [-0.3, -0.25) is 0 Å². The summed E-state index contributed by atoms with van der Waals surface area (Å²) in [6.45, 7) is 0.552. The lowest BCUT2D eigenvalue weighted by atomic mass is 10.0. The molecule has 4 heteroatoms. The van der Waals surface area contributed by atoms with Gasteiger partial charge in [0.05, 0.1) is 0 Å². The molecule has 0 saturated carbocycles. The first kappa shape index (κ1) is 23.8. The van der Waals surface area contributed by atoms with E-state index in [1.807, 2.05) is 6.55 Å². The van der Waals surface area contributed by atoms with Crippen molar-refractivity contribution in [2.24, 2.45) is 0 Å². The Hall–Kier alpha value is 0.757. The minimum atomic E-state index is -1.83. The van der Waals surface area contributed by atoms with Gasteiger partial charge in [-0.05, 0) is 19.0 Å². The highest BCUT2D eigenvalue weighted by molar-refractivity contribution is 7.44. The van der Waals surface area contributed by atoms with Gasteiger partial charge in [0, 0.05) is 6.61 Å². The summed E-state index contributed by atoms with van der Waals surface area (Å²) in [5.74, 6) is 0. The fourth-order valence-corrected chi connectivity index (χ4v) is 4.69. The zero-order chi connectivity index (χ0) is 17.2. The summed E-state index contributed by atoms with van der Waals surface area (Å²) in [5, 5.41) is 8.70. The van der Waals surface area contributed by atoms with Gasteiger partial charge in [0.15, 0.2) is 0 Å². The second-order valence-electron chi connectivity index (χ2n) is 7.20. The normalized spacial score (nSPS) is 12.0. The standard InChI is InChI=1S/C19H40Cl2OSi/c1-23(20,21)19-17-15-13-11-9-7-5-3-2-4-6-8-10-12-14-16-18-22/h22H,2-19H2,1H3. The third-order valence-corrected chi connectivity index (χ3v) is 6.89. The van der Waals surface area contributed by atoms with Crippen molar-refractivity contribution in [2.75, 3.05) is 6.61 Å². The van der Waals surface area contributed by atoms with Gasteiger partial charge >= 0.3 is 0 Å². The maximum Gasteiger partial charge on any atom is 0.248 e. The first-order chi connectivity index (χ1) is 11.1. The molecule has 140 valence electrons. The van der Waals surface area contributed by atoms with Gasteiger partial charge in [0.25, 0.3) is 0 Å². The average molecular weight is 384 g/mol. The highest BCUT2D eigenvalue weighted by atomic mass is 35.7. The summed E-state index contributed by atoms with van der Waals surface area (Å²) in [6.07, 6.45) is 21.4. The molecular weight excluding hydrogens is 343 g/mol. The minimum absolute atomic E-state index is 0.363. The van der Waals surface area contributed by atoms with Crippen LogP contribution in [0.3, 0.4) is 0 Å². The van der Waals surface area contributed by atoms with E-state index in [1.165, 1.54) is 96.3 Å². The Balaban J connectivity index is 3.00. The van der Waals surface area contributed by atoms with E-state index in [1.54, 1.807) is 0 Å². The molecule has 0 aliphatic rings. The SMILES string of the molecule is C[Si](Cl)(Cl)CCCCCCCCCCCCCCCCCCO. The molecule has 0 aromatic heterocycles. The Kier molecular flexibility index (Phi) is 18.2. The first-order valence-corrected chi connectivity index (χ1v) is 14.8. The highest BCUT2D eigenvalue weighted by Gasteiger charge is 2.19. The minimum Gasteiger partial charge on any atom is -0.396 e. The van der Waals surface area contributed by atoms with Crippen molar-refractivity contribution in [1.82, 2.24) is 0 Å². The number of halogens is 2. The maximum absolute atomic E-state index is 8.70. The van der Waals surface area contributed by atoms with Gasteiger partial charge in [0.1, 0.15) is 0 Å². The zero-order valence-corrected chi connectivity index (χ0v) is 17.9. The van der Waals surface area contributed by atoms with E-state index in [2.05, 4.69) is 0 Å². The fourth-order valence-electron chi connectivity index (χ4n) is 3.02. The van der Waals surface area contributed by atoms with E-state index >= 15 is 0 Å². The van der Waals surface area contributed by atoms with Crippen molar-refractivity contribution in [3.05, 3.63) is 0 Å². The maximum atomic E-state index is 8.70. The monoisotopic (exact) mass is 382 g/mol. The van der Waals surface area contributed by atoms with E-state index in [4.69, 9.17) is 27.3 Å². The van der Waals surface area contributed by atoms with Gasteiger partial charge in [-0.25, -0.2) is 0 Å². The smallest absolute Gasteiger partial charge is 0.248 e. The Morgan fingerprint density at radius 3 is 1.04 bits per heavy atom. The van der Waals surface area contributed by atoms with E-state index in [0.29, 0.717) is 6.61 Å². The molecule has 0 aromatic carbocycles. The van der Waals surface area contributed by atoms with Crippen LogP contribution in [0.5, 0.6) is 0 Å². The molecule has 0 radical (unpaired) electrons. The molecule has 0 aliphatic carbocycles. The van der Waals surface area contributed by atoms with E-state index in [0.717, 1.165) is 12.5 Å². The number of hydrogen-bond acceptors (Lipinski definition) is 1. The Morgan fingerprint density at radius 2 is 0.783 bits per heavy atom. The molecule has 0 atom stereocenters. The second-order valence-corrected chi connectivity index (χ2v) is 15.4.